The maximum Gasteiger partial charge on any atom is 0.343 e. The fraction of sp³-hybridized carbons (Fsp3) is 0.200. The number of rotatable bonds is 3. The number of halogens is 1. The summed E-state index contributed by atoms with van der Waals surface area (Å²) in [5.74, 6) is -0.611. The third kappa shape index (κ3) is 2.75. The number of nitrogens with zero attached hydrogens (tertiary/aromatic N) is 1. The first-order valence-electron chi connectivity index (χ1n) is 6.20. The van der Waals surface area contributed by atoms with Crippen molar-refractivity contribution in [1.82, 2.24) is 4.57 Å². The van der Waals surface area contributed by atoms with E-state index in [2.05, 4.69) is 0 Å². The Morgan fingerprint density at radius 2 is 1.85 bits per heavy atom. The third-order valence-electron chi connectivity index (χ3n) is 2.86. The van der Waals surface area contributed by atoms with Crippen LogP contribution in [0.5, 0.6) is 0 Å². The molecule has 5 heteroatoms. The third-order valence-corrected chi connectivity index (χ3v) is 3.11. The van der Waals surface area contributed by atoms with E-state index < -0.39 is 11.5 Å². The molecule has 0 radical (unpaired) electrons. The zero-order valence-electron chi connectivity index (χ0n) is 11.2. The van der Waals surface area contributed by atoms with E-state index in [-0.39, 0.29) is 12.2 Å². The Balaban J connectivity index is 2.58. The fourth-order valence-corrected chi connectivity index (χ4v) is 2.03. The van der Waals surface area contributed by atoms with Crippen LogP contribution >= 0.6 is 11.6 Å². The van der Waals surface area contributed by atoms with Crippen LogP contribution in [-0.4, -0.2) is 17.1 Å². The van der Waals surface area contributed by atoms with Crippen molar-refractivity contribution in [2.75, 3.05) is 6.61 Å². The Kier molecular flexibility index (Phi) is 4.25. The lowest BCUT2D eigenvalue weighted by Crippen LogP contribution is -2.27. The molecule has 104 valence electrons. The molecule has 0 saturated heterocycles. The first-order valence-corrected chi connectivity index (χ1v) is 6.58. The molecule has 0 aliphatic heterocycles. The lowest BCUT2D eigenvalue weighted by molar-refractivity contribution is 0.0524. The van der Waals surface area contributed by atoms with Crippen LogP contribution in [0.2, 0.25) is 5.02 Å². The zero-order valence-corrected chi connectivity index (χ0v) is 12.0. The number of benzene rings is 1. The molecule has 4 nitrogen and oxygen atoms in total. The van der Waals surface area contributed by atoms with Crippen molar-refractivity contribution in [3.63, 3.8) is 0 Å². The molecule has 0 N–H and O–H groups in total. The number of hydrogen-bond donors (Lipinski definition) is 0. The summed E-state index contributed by atoms with van der Waals surface area (Å²) in [5, 5.41) is 0.584. The van der Waals surface area contributed by atoms with E-state index in [1.807, 2.05) is 0 Å². The summed E-state index contributed by atoms with van der Waals surface area (Å²) in [7, 11) is 0. The summed E-state index contributed by atoms with van der Waals surface area (Å²) in [4.78, 5) is 24.2. The highest BCUT2D eigenvalue weighted by atomic mass is 35.5. The average molecular weight is 292 g/mol. The summed E-state index contributed by atoms with van der Waals surface area (Å²) in [6, 6.07) is 10.0. The largest absolute Gasteiger partial charge is 0.462 e. The molecule has 1 heterocycles. The van der Waals surface area contributed by atoms with Gasteiger partial charge in [-0.15, -0.1) is 0 Å². The minimum Gasteiger partial charge on any atom is -0.462 e. The molecule has 0 amide bonds. The molecule has 0 aliphatic carbocycles. The predicted octanol–water partition coefficient (Wildman–Crippen LogP) is 2.98. The van der Waals surface area contributed by atoms with Crippen LogP contribution in [0.15, 0.2) is 41.2 Å². The van der Waals surface area contributed by atoms with Gasteiger partial charge >= 0.3 is 5.97 Å². The summed E-state index contributed by atoms with van der Waals surface area (Å²) in [6.07, 6.45) is 0. The topological polar surface area (TPSA) is 48.3 Å². The van der Waals surface area contributed by atoms with Gasteiger partial charge in [-0.1, -0.05) is 11.6 Å². The standard InChI is InChI=1S/C15H14ClNO3/c1-3-20-15(19)13-9-4-10(2)17(14(13)18)12-7-5-11(16)6-8-12/h4-9H,3H2,1-2H3. The normalized spacial score (nSPS) is 10.3. The molecule has 20 heavy (non-hydrogen) atoms. The lowest BCUT2D eigenvalue weighted by atomic mass is 10.2. The van der Waals surface area contributed by atoms with Gasteiger partial charge in [0.2, 0.25) is 0 Å². The van der Waals surface area contributed by atoms with E-state index >= 15 is 0 Å². The van der Waals surface area contributed by atoms with Gasteiger partial charge in [0.05, 0.1) is 6.61 Å². The van der Waals surface area contributed by atoms with Gasteiger partial charge in [-0.25, -0.2) is 4.79 Å². The SMILES string of the molecule is CCOC(=O)c1ccc(C)n(-c2ccc(Cl)cc2)c1=O. The zero-order chi connectivity index (χ0) is 14.7. The minimum atomic E-state index is -0.611. The van der Waals surface area contributed by atoms with Crippen molar-refractivity contribution in [2.45, 2.75) is 13.8 Å². The Labute approximate surface area is 121 Å². The summed E-state index contributed by atoms with van der Waals surface area (Å²) < 4.78 is 6.35. The number of ether oxygens (including phenoxy) is 1. The molecule has 2 rings (SSSR count). The van der Waals surface area contributed by atoms with Crippen molar-refractivity contribution in [3.8, 4) is 5.69 Å². The number of carbonyl (C=O) groups is 1. The van der Waals surface area contributed by atoms with Gasteiger partial charge in [-0.3, -0.25) is 9.36 Å². The highest BCUT2D eigenvalue weighted by Gasteiger charge is 2.15. The van der Waals surface area contributed by atoms with Crippen LogP contribution in [0.1, 0.15) is 23.0 Å². The molecule has 1 aromatic heterocycles. The van der Waals surface area contributed by atoms with Gasteiger partial charge in [0, 0.05) is 16.4 Å². The van der Waals surface area contributed by atoms with Crippen LogP contribution in [-0.2, 0) is 4.74 Å². The Morgan fingerprint density at radius 3 is 2.45 bits per heavy atom. The summed E-state index contributed by atoms with van der Waals surface area (Å²) in [6.45, 7) is 3.72. The van der Waals surface area contributed by atoms with Crippen molar-refractivity contribution in [3.05, 3.63) is 63.0 Å². The number of aromatic nitrogens is 1. The quantitative estimate of drug-likeness (QED) is 0.817. The van der Waals surface area contributed by atoms with Gasteiger partial charge < -0.3 is 4.74 Å². The number of pyridine rings is 1. The molecule has 0 saturated carbocycles. The van der Waals surface area contributed by atoms with Gasteiger partial charge in [0.1, 0.15) is 5.56 Å². The van der Waals surface area contributed by atoms with Gasteiger partial charge in [-0.05, 0) is 50.2 Å². The van der Waals surface area contributed by atoms with Crippen LogP contribution < -0.4 is 5.56 Å². The van der Waals surface area contributed by atoms with Crippen LogP contribution in [0.4, 0.5) is 0 Å². The van der Waals surface area contributed by atoms with E-state index in [1.165, 1.54) is 10.6 Å². The maximum atomic E-state index is 12.4. The van der Waals surface area contributed by atoms with Gasteiger partial charge in [0.25, 0.3) is 5.56 Å². The number of esters is 1. The maximum absolute atomic E-state index is 12.4. The van der Waals surface area contributed by atoms with Gasteiger partial charge in [-0.2, -0.15) is 0 Å². The second-order valence-corrected chi connectivity index (χ2v) is 4.66. The van der Waals surface area contributed by atoms with Crippen LogP contribution in [0, 0.1) is 6.92 Å². The molecule has 0 atom stereocenters. The fourth-order valence-electron chi connectivity index (χ4n) is 1.91. The highest BCUT2D eigenvalue weighted by Crippen LogP contribution is 2.14. The van der Waals surface area contributed by atoms with Crippen molar-refractivity contribution in [1.29, 1.82) is 0 Å². The molecule has 0 fully saturated rings. The van der Waals surface area contributed by atoms with Gasteiger partial charge in [0.15, 0.2) is 0 Å². The van der Waals surface area contributed by atoms with E-state index in [9.17, 15) is 9.59 Å². The molecule has 2 aromatic rings. The van der Waals surface area contributed by atoms with E-state index in [0.29, 0.717) is 10.7 Å². The molecule has 0 spiro atoms. The Hall–Kier alpha value is -2.07. The average Bonchev–Trinajstić information content (AvgIpc) is 2.41. The van der Waals surface area contributed by atoms with Crippen molar-refractivity contribution in [2.24, 2.45) is 0 Å². The van der Waals surface area contributed by atoms with Crippen molar-refractivity contribution < 1.29 is 9.53 Å². The summed E-state index contributed by atoms with van der Waals surface area (Å²) >= 11 is 5.84. The molecule has 0 bridgehead atoms. The van der Waals surface area contributed by atoms with E-state index in [4.69, 9.17) is 16.3 Å². The first-order chi connectivity index (χ1) is 9.54. The molecule has 0 aliphatic rings. The van der Waals surface area contributed by atoms with E-state index in [1.54, 1.807) is 44.2 Å². The summed E-state index contributed by atoms with van der Waals surface area (Å²) in [5.41, 5.74) is 1.01. The molecule has 1 aromatic carbocycles. The van der Waals surface area contributed by atoms with Crippen LogP contribution in [0.3, 0.4) is 0 Å². The Morgan fingerprint density at radius 1 is 1.20 bits per heavy atom. The van der Waals surface area contributed by atoms with Crippen LogP contribution in [0.25, 0.3) is 5.69 Å². The second kappa shape index (κ2) is 5.92. The highest BCUT2D eigenvalue weighted by molar-refractivity contribution is 6.30. The number of carbonyl (C=O) groups excluding carboxylic acids is 1. The predicted molar refractivity (Wildman–Crippen MR) is 77.7 cm³/mol. The number of aryl methyl sites for hydroxylation is 1. The Bertz CT molecular complexity index is 689. The minimum absolute atomic E-state index is 0.0207. The number of hydrogen-bond acceptors (Lipinski definition) is 3. The van der Waals surface area contributed by atoms with E-state index in [0.717, 1.165) is 5.69 Å². The molecule has 0 unspecified atom stereocenters. The second-order valence-electron chi connectivity index (χ2n) is 4.23. The van der Waals surface area contributed by atoms with Crippen molar-refractivity contribution >= 4 is 17.6 Å². The first kappa shape index (κ1) is 14.3. The monoisotopic (exact) mass is 291 g/mol. The molecular formula is C15H14ClNO3. The molecular weight excluding hydrogens is 278 g/mol. The smallest absolute Gasteiger partial charge is 0.343 e. The lowest BCUT2D eigenvalue weighted by Gasteiger charge is -2.11.